The van der Waals surface area contributed by atoms with E-state index >= 15 is 0 Å². The van der Waals surface area contributed by atoms with Gasteiger partial charge in [0.1, 0.15) is 10.8 Å². The summed E-state index contributed by atoms with van der Waals surface area (Å²) in [4.78, 5) is 22.2. The zero-order chi connectivity index (χ0) is 19.3. The fourth-order valence-electron chi connectivity index (χ4n) is 1.91. The molecule has 0 aliphatic heterocycles. The number of nitro groups is 1. The summed E-state index contributed by atoms with van der Waals surface area (Å²) in [6, 6.07) is 9.44. The van der Waals surface area contributed by atoms with E-state index in [4.69, 9.17) is 28.6 Å². The van der Waals surface area contributed by atoms with Crippen molar-refractivity contribution in [3.8, 4) is 5.75 Å². The number of thiocarbonyl (C=S) groups is 1. The number of halogens is 2. The van der Waals surface area contributed by atoms with Crippen LogP contribution < -0.4 is 15.4 Å². The maximum atomic E-state index is 11.9. The van der Waals surface area contributed by atoms with Crippen LogP contribution in [-0.2, 0) is 4.79 Å². The number of hydrogen-bond acceptors (Lipinski definition) is 5. The second kappa shape index (κ2) is 8.93. The smallest absolute Gasteiger partial charge is 0.289 e. The molecule has 1 amide bonds. The van der Waals surface area contributed by atoms with Crippen LogP contribution in [0.3, 0.4) is 0 Å². The highest BCUT2D eigenvalue weighted by molar-refractivity contribution is 9.10. The molecule has 0 aliphatic rings. The summed E-state index contributed by atoms with van der Waals surface area (Å²) in [6.07, 6.45) is 0. The van der Waals surface area contributed by atoms with Gasteiger partial charge in [0.05, 0.1) is 4.92 Å². The van der Waals surface area contributed by atoms with Crippen LogP contribution in [0.4, 0.5) is 11.4 Å². The highest BCUT2D eigenvalue weighted by Crippen LogP contribution is 2.27. The van der Waals surface area contributed by atoms with E-state index in [2.05, 4.69) is 26.6 Å². The van der Waals surface area contributed by atoms with Crippen LogP contribution in [0.15, 0.2) is 40.9 Å². The zero-order valence-corrected chi connectivity index (χ0v) is 16.6. The third-order valence-electron chi connectivity index (χ3n) is 3.15. The Morgan fingerprint density at radius 1 is 1.35 bits per heavy atom. The molecule has 10 heteroatoms. The number of carbonyl (C=O) groups excluding carboxylic acids is 1. The molecule has 0 radical (unpaired) electrons. The molecule has 0 saturated carbocycles. The maximum absolute atomic E-state index is 11.9. The van der Waals surface area contributed by atoms with Crippen LogP contribution in [0.1, 0.15) is 5.56 Å². The number of nitrogens with one attached hydrogen (secondary N) is 2. The lowest BCUT2D eigenvalue weighted by molar-refractivity contribution is -0.384. The number of anilines is 1. The van der Waals surface area contributed by atoms with Gasteiger partial charge in [0, 0.05) is 16.2 Å². The second-order valence-corrected chi connectivity index (χ2v) is 6.80. The van der Waals surface area contributed by atoms with Gasteiger partial charge in [0.25, 0.3) is 11.6 Å². The summed E-state index contributed by atoms with van der Waals surface area (Å²) in [7, 11) is 0. The van der Waals surface area contributed by atoms with Crippen molar-refractivity contribution in [2.24, 2.45) is 0 Å². The molecule has 0 saturated heterocycles. The Labute approximate surface area is 168 Å². The first-order valence-corrected chi connectivity index (χ1v) is 8.78. The topological polar surface area (TPSA) is 93.5 Å². The van der Waals surface area contributed by atoms with Gasteiger partial charge in [0.2, 0.25) is 0 Å². The largest absolute Gasteiger partial charge is 0.484 e. The number of nitro benzene ring substituents is 1. The van der Waals surface area contributed by atoms with E-state index in [-0.39, 0.29) is 22.4 Å². The van der Waals surface area contributed by atoms with E-state index in [9.17, 15) is 14.9 Å². The number of hydrogen-bond donors (Lipinski definition) is 2. The first-order valence-electron chi connectivity index (χ1n) is 7.20. The molecule has 2 aromatic carbocycles. The molecule has 7 nitrogen and oxygen atoms in total. The number of ether oxygens (including phenoxy) is 1. The van der Waals surface area contributed by atoms with Crippen LogP contribution in [0, 0.1) is 17.0 Å². The zero-order valence-electron chi connectivity index (χ0n) is 13.4. The normalized spacial score (nSPS) is 10.1. The van der Waals surface area contributed by atoms with Crippen LogP contribution in [0.5, 0.6) is 5.75 Å². The Balaban J connectivity index is 1.89. The van der Waals surface area contributed by atoms with E-state index in [1.54, 1.807) is 12.1 Å². The lowest BCUT2D eigenvalue weighted by Crippen LogP contribution is -2.37. The Kier molecular flexibility index (Phi) is 6.90. The highest BCUT2D eigenvalue weighted by atomic mass is 79.9. The molecule has 0 aromatic heterocycles. The van der Waals surface area contributed by atoms with Gasteiger partial charge in [-0.2, -0.15) is 0 Å². The average Bonchev–Trinajstić information content (AvgIpc) is 2.57. The lowest BCUT2D eigenvalue weighted by Gasteiger charge is -2.11. The van der Waals surface area contributed by atoms with Crippen molar-refractivity contribution in [1.29, 1.82) is 0 Å². The fourth-order valence-corrected chi connectivity index (χ4v) is 2.58. The third kappa shape index (κ3) is 5.65. The van der Waals surface area contributed by atoms with Crippen molar-refractivity contribution in [2.75, 3.05) is 11.9 Å². The monoisotopic (exact) mass is 457 g/mol. The SMILES string of the molecule is Cc1cc(OCC(=O)NC(=S)Nc2ccc(Cl)c([N+](=O)[O-])c2)ccc1Br. The number of benzene rings is 2. The van der Waals surface area contributed by atoms with Crippen LogP contribution in [0.25, 0.3) is 0 Å². The van der Waals surface area contributed by atoms with Crippen LogP contribution in [0.2, 0.25) is 5.02 Å². The Bertz CT molecular complexity index is 879. The minimum Gasteiger partial charge on any atom is -0.484 e. The van der Waals surface area contributed by atoms with Crippen molar-refractivity contribution in [1.82, 2.24) is 5.32 Å². The molecular weight excluding hydrogens is 446 g/mol. The fraction of sp³-hybridized carbons (Fsp3) is 0.125. The summed E-state index contributed by atoms with van der Waals surface area (Å²) >= 11 is 14.1. The van der Waals surface area contributed by atoms with Gasteiger partial charge < -0.3 is 10.1 Å². The summed E-state index contributed by atoms with van der Waals surface area (Å²) in [5.74, 6) is 0.0830. The van der Waals surface area contributed by atoms with E-state index in [0.29, 0.717) is 11.4 Å². The molecule has 0 bridgehead atoms. The molecule has 0 atom stereocenters. The second-order valence-electron chi connectivity index (χ2n) is 5.13. The van der Waals surface area contributed by atoms with Crippen LogP contribution >= 0.6 is 39.7 Å². The Hall–Kier alpha value is -2.23. The molecule has 0 spiro atoms. The predicted molar refractivity (Wildman–Crippen MR) is 107 cm³/mol. The number of carbonyl (C=O) groups is 1. The van der Waals surface area contributed by atoms with E-state index in [0.717, 1.165) is 10.0 Å². The highest BCUT2D eigenvalue weighted by Gasteiger charge is 2.14. The van der Waals surface area contributed by atoms with Crippen molar-refractivity contribution < 1.29 is 14.5 Å². The molecular formula is C16H13BrClN3O4S. The molecule has 0 heterocycles. The van der Waals surface area contributed by atoms with E-state index in [1.807, 2.05) is 13.0 Å². The molecule has 26 heavy (non-hydrogen) atoms. The number of amides is 1. The molecule has 136 valence electrons. The van der Waals surface area contributed by atoms with Gasteiger partial charge >= 0.3 is 0 Å². The van der Waals surface area contributed by atoms with Crippen molar-refractivity contribution in [2.45, 2.75) is 6.92 Å². The molecule has 2 rings (SSSR count). The van der Waals surface area contributed by atoms with Gasteiger partial charge in [0.15, 0.2) is 11.7 Å². The molecule has 2 N–H and O–H groups in total. The minimum absolute atomic E-state index is 0.00805. The van der Waals surface area contributed by atoms with Gasteiger partial charge in [-0.15, -0.1) is 0 Å². The molecule has 2 aromatic rings. The third-order valence-corrected chi connectivity index (χ3v) is 4.57. The summed E-state index contributed by atoms with van der Waals surface area (Å²) < 4.78 is 6.34. The number of nitrogens with zero attached hydrogens (tertiary/aromatic N) is 1. The van der Waals surface area contributed by atoms with Gasteiger partial charge in [-0.3, -0.25) is 20.2 Å². The number of aryl methyl sites for hydroxylation is 1. The summed E-state index contributed by atoms with van der Waals surface area (Å²) in [5.41, 5.74) is 1.04. The molecule has 0 fully saturated rings. The van der Waals surface area contributed by atoms with Crippen LogP contribution in [-0.4, -0.2) is 22.5 Å². The predicted octanol–water partition coefficient (Wildman–Crippen LogP) is 4.21. The van der Waals surface area contributed by atoms with E-state index in [1.165, 1.54) is 18.2 Å². The maximum Gasteiger partial charge on any atom is 0.289 e. The quantitative estimate of drug-likeness (QED) is 0.396. The Morgan fingerprint density at radius 3 is 2.73 bits per heavy atom. The van der Waals surface area contributed by atoms with E-state index < -0.39 is 10.8 Å². The standard InChI is InChI=1S/C16H13BrClN3O4S/c1-9-6-11(3-4-12(9)17)25-8-15(22)20-16(26)19-10-2-5-13(18)14(7-10)21(23)24/h2-7H,8H2,1H3,(H2,19,20,22,26). The van der Waals surface area contributed by atoms with Crippen molar-refractivity contribution in [3.05, 3.63) is 61.6 Å². The molecule has 0 unspecified atom stereocenters. The first-order chi connectivity index (χ1) is 12.3. The first kappa shape index (κ1) is 20.1. The number of rotatable bonds is 5. The summed E-state index contributed by atoms with van der Waals surface area (Å²) in [6.45, 7) is 1.67. The summed E-state index contributed by atoms with van der Waals surface area (Å²) in [5, 5.41) is 16.0. The van der Waals surface area contributed by atoms with Gasteiger partial charge in [-0.25, -0.2) is 0 Å². The minimum atomic E-state index is -0.608. The lowest BCUT2D eigenvalue weighted by atomic mass is 10.2. The van der Waals surface area contributed by atoms with Crippen molar-refractivity contribution in [3.63, 3.8) is 0 Å². The Morgan fingerprint density at radius 2 is 2.08 bits per heavy atom. The van der Waals surface area contributed by atoms with Crippen molar-refractivity contribution >= 4 is 62.1 Å². The molecule has 0 aliphatic carbocycles. The average molecular weight is 459 g/mol. The van der Waals surface area contributed by atoms with Gasteiger partial charge in [-0.1, -0.05) is 27.5 Å². The van der Waals surface area contributed by atoms with Gasteiger partial charge in [-0.05, 0) is 55.0 Å².